The van der Waals surface area contributed by atoms with Crippen LogP contribution in [0.25, 0.3) is 0 Å². The third-order valence-electron chi connectivity index (χ3n) is 3.45. The highest BCUT2D eigenvalue weighted by atomic mass is 15.0. The van der Waals surface area contributed by atoms with Gasteiger partial charge in [0.25, 0.3) is 0 Å². The molecule has 0 spiro atoms. The van der Waals surface area contributed by atoms with Crippen molar-refractivity contribution in [3.05, 3.63) is 53.9 Å². The second kappa shape index (κ2) is 9.72. The lowest BCUT2D eigenvalue weighted by atomic mass is 10.0. The predicted octanol–water partition coefficient (Wildman–Crippen LogP) is 5.02. The summed E-state index contributed by atoms with van der Waals surface area (Å²) in [4.78, 5) is 8.77. The van der Waals surface area contributed by atoms with Gasteiger partial charge in [-0.1, -0.05) is 32.1 Å². The van der Waals surface area contributed by atoms with E-state index < -0.39 is 0 Å². The topological polar surface area (TPSA) is 36.8 Å². The summed E-state index contributed by atoms with van der Waals surface area (Å²) >= 11 is 0. The number of hydrogen-bond donors (Lipinski definition) is 1. The molecule has 0 fully saturated rings. The van der Waals surface area contributed by atoms with E-state index in [1.54, 1.807) is 0 Å². The fraction of sp³-hybridized carbons (Fsp3) is 0.368. The standard InChI is InChI=1S/C19H27N3/c1-6-10-17(18(8-3)21-9-4)19(20-5)22-16-13-11-15(7-2)12-14-16/h6,11-14,22H,1,5,7-10H2,2-4H3/b19-17+,21-18?. The predicted molar refractivity (Wildman–Crippen MR) is 99.1 cm³/mol. The molecule has 0 aliphatic rings. The number of nitrogens with one attached hydrogen (secondary N) is 1. The number of hydrogen-bond acceptors (Lipinski definition) is 3. The second-order valence-corrected chi connectivity index (χ2v) is 4.93. The van der Waals surface area contributed by atoms with Crippen molar-refractivity contribution in [2.45, 2.75) is 40.0 Å². The first-order chi connectivity index (χ1) is 10.7. The summed E-state index contributed by atoms with van der Waals surface area (Å²) in [7, 11) is 0. The molecule has 0 unspecified atom stereocenters. The van der Waals surface area contributed by atoms with Crippen LogP contribution in [0, 0.1) is 0 Å². The number of allylic oxidation sites excluding steroid dienone is 2. The van der Waals surface area contributed by atoms with E-state index in [1.165, 1.54) is 5.56 Å². The largest absolute Gasteiger partial charge is 0.340 e. The van der Waals surface area contributed by atoms with E-state index in [9.17, 15) is 0 Å². The Hall–Kier alpha value is -2.16. The molecule has 1 N–H and O–H groups in total. The molecular weight excluding hydrogens is 270 g/mol. The van der Waals surface area contributed by atoms with Gasteiger partial charge in [-0.2, -0.15) is 0 Å². The van der Waals surface area contributed by atoms with Crippen LogP contribution in [-0.4, -0.2) is 19.0 Å². The smallest absolute Gasteiger partial charge is 0.134 e. The summed E-state index contributed by atoms with van der Waals surface area (Å²) in [5.74, 6) is 0.762. The van der Waals surface area contributed by atoms with E-state index in [4.69, 9.17) is 0 Å². The monoisotopic (exact) mass is 297 g/mol. The van der Waals surface area contributed by atoms with Crippen LogP contribution in [0.3, 0.4) is 0 Å². The third-order valence-corrected chi connectivity index (χ3v) is 3.45. The molecule has 0 bridgehead atoms. The van der Waals surface area contributed by atoms with E-state index in [1.807, 2.05) is 13.0 Å². The molecule has 0 amide bonds. The lowest BCUT2D eigenvalue weighted by Crippen LogP contribution is -2.10. The van der Waals surface area contributed by atoms with Gasteiger partial charge in [-0.3, -0.25) is 4.99 Å². The molecule has 0 aliphatic carbocycles. The fourth-order valence-electron chi connectivity index (χ4n) is 2.28. The molecule has 0 saturated heterocycles. The lowest BCUT2D eigenvalue weighted by molar-refractivity contribution is 1.07. The number of benzene rings is 1. The van der Waals surface area contributed by atoms with Gasteiger partial charge < -0.3 is 5.32 Å². The molecule has 1 aromatic rings. The molecule has 118 valence electrons. The highest BCUT2D eigenvalue weighted by molar-refractivity contribution is 6.01. The highest BCUT2D eigenvalue weighted by Gasteiger charge is 2.10. The van der Waals surface area contributed by atoms with Gasteiger partial charge in [-0.15, -0.1) is 6.58 Å². The SMILES string of the molecule is C=CC/C(C(CC)=NCC)=C(/N=C)Nc1ccc(CC)cc1. The van der Waals surface area contributed by atoms with Crippen LogP contribution in [0.2, 0.25) is 0 Å². The number of aryl methyl sites for hydroxylation is 1. The fourth-order valence-corrected chi connectivity index (χ4v) is 2.28. The summed E-state index contributed by atoms with van der Waals surface area (Å²) in [6.07, 6.45) is 4.50. The zero-order valence-electron chi connectivity index (χ0n) is 14.0. The van der Waals surface area contributed by atoms with Crippen molar-refractivity contribution in [3.63, 3.8) is 0 Å². The molecular formula is C19H27N3. The highest BCUT2D eigenvalue weighted by Crippen LogP contribution is 2.19. The first-order valence-electron chi connectivity index (χ1n) is 7.90. The van der Waals surface area contributed by atoms with Gasteiger partial charge in [0, 0.05) is 23.5 Å². The Balaban J connectivity index is 3.16. The number of anilines is 1. The van der Waals surface area contributed by atoms with Crippen molar-refractivity contribution in [2.24, 2.45) is 9.98 Å². The van der Waals surface area contributed by atoms with Crippen LogP contribution in [0.4, 0.5) is 5.69 Å². The van der Waals surface area contributed by atoms with Gasteiger partial charge in [-0.05, 0) is 50.6 Å². The molecule has 1 aromatic carbocycles. The van der Waals surface area contributed by atoms with Gasteiger partial charge in [-0.25, -0.2) is 4.99 Å². The van der Waals surface area contributed by atoms with Crippen LogP contribution in [0.5, 0.6) is 0 Å². The van der Waals surface area contributed by atoms with Gasteiger partial charge >= 0.3 is 0 Å². The Labute approximate surface area is 134 Å². The van der Waals surface area contributed by atoms with Crippen LogP contribution in [0.1, 0.15) is 39.2 Å². The zero-order valence-corrected chi connectivity index (χ0v) is 14.0. The Bertz CT molecular complexity index is 551. The van der Waals surface area contributed by atoms with Crippen LogP contribution >= 0.6 is 0 Å². The van der Waals surface area contributed by atoms with Crippen molar-refractivity contribution < 1.29 is 0 Å². The molecule has 0 saturated carbocycles. The summed E-state index contributed by atoms with van der Waals surface area (Å²) < 4.78 is 0. The molecule has 3 nitrogen and oxygen atoms in total. The number of rotatable bonds is 9. The maximum Gasteiger partial charge on any atom is 0.134 e. The van der Waals surface area contributed by atoms with Crippen molar-refractivity contribution in [1.29, 1.82) is 0 Å². The molecule has 1 rings (SSSR count). The minimum absolute atomic E-state index is 0.723. The molecule has 0 radical (unpaired) electrons. The average molecular weight is 297 g/mol. The Kier molecular flexibility index (Phi) is 7.90. The summed E-state index contributed by atoms with van der Waals surface area (Å²) in [6, 6.07) is 8.38. The van der Waals surface area contributed by atoms with Crippen LogP contribution < -0.4 is 5.32 Å². The van der Waals surface area contributed by atoms with Crippen molar-refractivity contribution in [1.82, 2.24) is 0 Å². The molecule has 0 aliphatic heterocycles. The first-order valence-corrected chi connectivity index (χ1v) is 7.90. The Morgan fingerprint density at radius 2 is 1.86 bits per heavy atom. The minimum atomic E-state index is 0.723. The number of nitrogens with zero attached hydrogens (tertiary/aromatic N) is 2. The second-order valence-electron chi connectivity index (χ2n) is 4.93. The van der Waals surface area contributed by atoms with E-state index in [0.29, 0.717) is 0 Å². The van der Waals surface area contributed by atoms with Crippen molar-refractivity contribution >= 4 is 18.1 Å². The lowest BCUT2D eigenvalue weighted by Gasteiger charge is -2.14. The van der Waals surface area contributed by atoms with Crippen molar-refractivity contribution in [3.8, 4) is 0 Å². The van der Waals surface area contributed by atoms with Crippen LogP contribution in [0.15, 0.2) is 58.3 Å². The first kappa shape index (κ1) is 17.9. The number of aliphatic imine (C=N–C) groups is 2. The average Bonchev–Trinajstić information content (AvgIpc) is 2.56. The maximum absolute atomic E-state index is 4.58. The molecule has 0 atom stereocenters. The van der Waals surface area contributed by atoms with Crippen molar-refractivity contribution in [2.75, 3.05) is 11.9 Å². The summed E-state index contributed by atoms with van der Waals surface area (Å²) in [5, 5.41) is 3.36. The minimum Gasteiger partial charge on any atom is -0.340 e. The Morgan fingerprint density at radius 1 is 1.18 bits per heavy atom. The summed E-state index contributed by atoms with van der Waals surface area (Å²) in [5.41, 5.74) is 4.44. The normalized spacial score (nSPS) is 12.6. The zero-order chi connectivity index (χ0) is 16.4. The van der Waals surface area contributed by atoms with E-state index in [2.05, 4.69) is 66.7 Å². The Morgan fingerprint density at radius 3 is 2.32 bits per heavy atom. The van der Waals surface area contributed by atoms with E-state index in [-0.39, 0.29) is 0 Å². The molecule has 3 heteroatoms. The van der Waals surface area contributed by atoms with Gasteiger partial charge in [0.05, 0.1) is 0 Å². The summed E-state index contributed by atoms with van der Waals surface area (Å²) in [6.45, 7) is 14.6. The molecule has 0 aromatic heterocycles. The quantitative estimate of drug-likeness (QED) is 0.504. The molecule has 0 heterocycles. The van der Waals surface area contributed by atoms with Gasteiger partial charge in [0.15, 0.2) is 0 Å². The maximum atomic E-state index is 4.58. The van der Waals surface area contributed by atoms with Gasteiger partial charge in [0.1, 0.15) is 5.82 Å². The molecule has 22 heavy (non-hydrogen) atoms. The van der Waals surface area contributed by atoms with Gasteiger partial charge in [0.2, 0.25) is 0 Å². The third kappa shape index (κ3) is 4.99. The van der Waals surface area contributed by atoms with E-state index >= 15 is 0 Å². The van der Waals surface area contributed by atoms with E-state index in [0.717, 1.165) is 48.6 Å². The van der Waals surface area contributed by atoms with Crippen LogP contribution in [-0.2, 0) is 6.42 Å².